The molecule has 0 saturated carbocycles. The van der Waals surface area contributed by atoms with Crippen LogP contribution in [0.25, 0.3) is 0 Å². The highest BCUT2D eigenvalue weighted by atomic mass is 16.2. The fraction of sp³-hybridized carbons (Fsp3) is 0.533. The molecule has 0 radical (unpaired) electrons. The minimum Gasteiger partial charge on any atom is -0.339 e. The van der Waals surface area contributed by atoms with Gasteiger partial charge in [-0.25, -0.2) is 0 Å². The van der Waals surface area contributed by atoms with Crippen LogP contribution in [0.3, 0.4) is 0 Å². The molecule has 1 amide bonds. The van der Waals surface area contributed by atoms with Gasteiger partial charge in [-0.05, 0) is 43.5 Å². The molecule has 3 nitrogen and oxygen atoms in total. The largest absolute Gasteiger partial charge is 0.339 e. The standard InChI is InChI=1S/C15H24N2O/c1-4-17(11-12(2)3)15(18)14-7-5-13(6-8-14)9-10-16/h5-8,12H,4,9-11,16H2,1-3H3. The van der Waals surface area contributed by atoms with Gasteiger partial charge in [0.1, 0.15) is 0 Å². The number of hydrogen-bond acceptors (Lipinski definition) is 2. The molecule has 100 valence electrons. The highest BCUT2D eigenvalue weighted by molar-refractivity contribution is 5.94. The molecular formula is C15H24N2O. The molecule has 0 heterocycles. The minimum absolute atomic E-state index is 0.116. The van der Waals surface area contributed by atoms with Crippen molar-refractivity contribution in [1.29, 1.82) is 0 Å². The molecule has 1 rings (SSSR count). The summed E-state index contributed by atoms with van der Waals surface area (Å²) in [6.07, 6.45) is 0.859. The molecule has 0 spiro atoms. The Labute approximate surface area is 110 Å². The van der Waals surface area contributed by atoms with Crippen LogP contribution < -0.4 is 5.73 Å². The van der Waals surface area contributed by atoms with E-state index in [4.69, 9.17) is 5.73 Å². The van der Waals surface area contributed by atoms with Crippen LogP contribution in [0.5, 0.6) is 0 Å². The number of carbonyl (C=O) groups is 1. The van der Waals surface area contributed by atoms with Crippen LogP contribution in [0.4, 0.5) is 0 Å². The lowest BCUT2D eigenvalue weighted by molar-refractivity contribution is 0.0746. The Hall–Kier alpha value is -1.35. The second-order valence-electron chi connectivity index (χ2n) is 4.97. The Kier molecular flexibility index (Phi) is 5.86. The first-order valence-corrected chi connectivity index (χ1v) is 6.66. The van der Waals surface area contributed by atoms with Crippen LogP contribution >= 0.6 is 0 Å². The number of amides is 1. The molecule has 18 heavy (non-hydrogen) atoms. The highest BCUT2D eigenvalue weighted by Gasteiger charge is 2.14. The van der Waals surface area contributed by atoms with E-state index in [0.29, 0.717) is 12.5 Å². The highest BCUT2D eigenvalue weighted by Crippen LogP contribution is 2.09. The SMILES string of the molecule is CCN(CC(C)C)C(=O)c1ccc(CCN)cc1. The summed E-state index contributed by atoms with van der Waals surface area (Å²) in [5.41, 5.74) is 7.45. The van der Waals surface area contributed by atoms with E-state index in [1.54, 1.807) is 0 Å². The number of hydrogen-bond donors (Lipinski definition) is 1. The molecule has 1 aromatic rings. The van der Waals surface area contributed by atoms with Crippen molar-refractivity contribution in [3.8, 4) is 0 Å². The number of nitrogens with two attached hydrogens (primary N) is 1. The van der Waals surface area contributed by atoms with E-state index >= 15 is 0 Å². The molecule has 1 aromatic carbocycles. The van der Waals surface area contributed by atoms with Crippen LogP contribution in [0, 0.1) is 5.92 Å². The molecule has 0 aliphatic heterocycles. The third-order valence-corrected chi connectivity index (χ3v) is 2.89. The molecule has 0 saturated heterocycles. The van der Waals surface area contributed by atoms with Crippen molar-refractivity contribution in [2.75, 3.05) is 19.6 Å². The molecular weight excluding hydrogens is 224 g/mol. The third kappa shape index (κ3) is 4.15. The van der Waals surface area contributed by atoms with Crippen molar-refractivity contribution in [2.45, 2.75) is 27.2 Å². The van der Waals surface area contributed by atoms with E-state index in [9.17, 15) is 4.79 Å². The monoisotopic (exact) mass is 248 g/mol. The van der Waals surface area contributed by atoms with E-state index in [0.717, 1.165) is 25.1 Å². The fourth-order valence-electron chi connectivity index (χ4n) is 1.96. The predicted octanol–water partition coefficient (Wildman–Crippen LogP) is 2.31. The Morgan fingerprint density at radius 3 is 2.33 bits per heavy atom. The molecule has 0 aliphatic rings. The van der Waals surface area contributed by atoms with Gasteiger partial charge >= 0.3 is 0 Å². The maximum absolute atomic E-state index is 12.3. The summed E-state index contributed by atoms with van der Waals surface area (Å²) in [7, 11) is 0. The van der Waals surface area contributed by atoms with E-state index < -0.39 is 0 Å². The molecule has 0 unspecified atom stereocenters. The lowest BCUT2D eigenvalue weighted by atomic mass is 10.1. The Balaban J connectivity index is 2.75. The summed E-state index contributed by atoms with van der Waals surface area (Å²) < 4.78 is 0. The molecule has 0 fully saturated rings. The minimum atomic E-state index is 0.116. The van der Waals surface area contributed by atoms with Gasteiger partial charge in [-0.3, -0.25) is 4.79 Å². The maximum atomic E-state index is 12.3. The van der Waals surface area contributed by atoms with Gasteiger partial charge in [0.25, 0.3) is 5.91 Å². The third-order valence-electron chi connectivity index (χ3n) is 2.89. The molecule has 2 N–H and O–H groups in total. The summed E-state index contributed by atoms with van der Waals surface area (Å²) >= 11 is 0. The topological polar surface area (TPSA) is 46.3 Å². The van der Waals surface area contributed by atoms with Gasteiger partial charge < -0.3 is 10.6 Å². The predicted molar refractivity (Wildman–Crippen MR) is 75.6 cm³/mol. The maximum Gasteiger partial charge on any atom is 0.253 e. The quantitative estimate of drug-likeness (QED) is 0.839. The van der Waals surface area contributed by atoms with Gasteiger partial charge in [0.05, 0.1) is 0 Å². The van der Waals surface area contributed by atoms with Crippen molar-refractivity contribution in [2.24, 2.45) is 11.7 Å². The van der Waals surface area contributed by atoms with E-state index in [1.165, 1.54) is 5.56 Å². The van der Waals surface area contributed by atoms with E-state index in [2.05, 4.69) is 13.8 Å². The van der Waals surface area contributed by atoms with Crippen LogP contribution in [0.2, 0.25) is 0 Å². The van der Waals surface area contributed by atoms with E-state index in [-0.39, 0.29) is 5.91 Å². The number of nitrogens with zero attached hydrogens (tertiary/aromatic N) is 1. The fourth-order valence-corrected chi connectivity index (χ4v) is 1.96. The lowest BCUT2D eigenvalue weighted by Crippen LogP contribution is -2.33. The molecule has 0 aliphatic carbocycles. The normalized spacial score (nSPS) is 10.7. The second-order valence-corrected chi connectivity index (χ2v) is 4.97. The average Bonchev–Trinajstić information content (AvgIpc) is 2.36. The van der Waals surface area contributed by atoms with Crippen LogP contribution in [0.1, 0.15) is 36.7 Å². The summed E-state index contributed by atoms with van der Waals surface area (Å²) in [6.45, 7) is 8.47. The lowest BCUT2D eigenvalue weighted by Gasteiger charge is -2.23. The first-order chi connectivity index (χ1) is 8.58. The summed E-state index contributed by atoms with van der Waals surface area (Å²) in [5.74, 6) is 0.607. The zero-order chi connectivity index (χ0) is 13.5. The zero-order valence-electron chi connectivity index (χ0n) is 11.6. The zero-order valence-corrected chi connectivity index (χ0v) is 11.6. The summed E-state index contributed by atoms with van der Waals surface area (Å²) in [4.78, 5) is 14.2. The molecule has 0 atom stereocenters. The van der Waals surface area contributed by atoms with Gasteiger partial charge in [0.15, 0.2) is 0 Å². The van der Waals surface area contributed by atoms with Crippen molar-refractivity contribution in [3.63, 3.8) is 0 Å². The van der Waals surface area contributed by atoms with Crippen molar-refractivity contribution in [3.05, 3.63) is 35.4 Å². The number of benzene rings is 1. The van der Waals surface area contributed by atoms with Gasteiger partial charge in [0.2, 0.25) is 0 Å². The summed E-state index contributed by atoms with van der Waals surface area (Å²) in [5, 5.41) is 0. The molecule has 0 aromatic heterocycles. The van der Waals surface area contributed by atoms with Crippen molar-refractivity contribution >= 4 is 5.91 Å². The Bertz CT molecular complexity index is 371. The van der Waals surface area contributed by atoms with E-state index in [1.807, 2.05) is 36.1 Å². The molecule has 3 heteroatoms. The summed E-state index contributed by atoms with van der Waals surface area (Å²) in [6, 6.07) is 7.78. The smallest absolute Gasteiger partial charge is 0.253 e. The second kappa shape index (κ2) is 7.17. The number of rotatable bonds is 6. The van der Waals surface area contributed by atoms with Crippen molar-refractivity contribution in [1.82, 2.24) is 4.90 Å². The van der Waals surface area contributed by atoms with Gasteiger partial charge in [-0.1, -0.05) is 26.0 Å². The molecule has 0 bridgehead atoms. The first-order valence-electron chi connectivity index (χ1n) is 6.66. The van der Waals surface area contributed by atoms with Crippen LogP contribution in [-0.4, -0.2) is 30.4 Å². The Morgan fingerprint density at radius 2 is 1.89 bits per heavy atom. The Morgan fingerprint density at radius 1 is 1.28 bits per heavy atom. The number of carbonyl (C=O) groups excluding carboxylic acids is 1. The first kappa shape index (κ1) is 14.7. The average molecular weight is 248 g/mol. The van der Waals surface area contributed by atoms with Gasteiger partial charge in [0, 0.05) is 18.7 Å². The van der Waals surface area contributed by atoms with Crippen molar-refractivity contribution < 1.29 is 4.79 Å². The van der Waals surface area contributed by atoms with Crippen LogP contribution in [0.15, 0.2) is 24.3 Å². The van der Waals surface area contributed by atoms with Gasteiger partial charge in [-0.2, -0.15) is 0 Å². The van der Waals surface area contributed by atoms with Crippen LogP contribution in [-0.2, 0) is 6.42 Å². The van der Waals surface area contributed by atoms with Gasteiger partial charge in [-0.15, -0.1) is 0 Å².